The van der Waals surface area contributed by atoms with Crippen LogP contribution in [0.15, 0.2) is 30.3 Å². The number of amides is 2. The van der Waals surface area contributed by atoms with Crippen molar-refractivity contribution in [3.63, 3.8) is 0 Å². The summed E-state index contributed by atoms with van der Waals surface area (Å²) in [5, 5.41) is 12.2. The molecule has 8 nitrogen and oxygen atoms in total. The first kappa shape index (κ1) is 20.3. The van der Waals surface area contributed by atoms with Crippen LogP contribution < -0.4 is 5.32 Å². The van der Waals surface area contributed by atoms with Crippen molar-refractivity contribution in [3.05, 3.63) is 35.9 Å². The summed E-state index contributed by atoms with van der Waals surface area (Å²) in [6, 6.07) is 8.62. The van der Waals surface area contributed by atoms with E-state index in [-0.39, 0.29) is 44.4 Å². The highest BCUT2D eigenvalue weighted by molar-refractivity contribution is 7.88. The second kappa shape index (κ2) is 9.11. The number of benzene rings is 1. The van der Waals surface area contributed by atoms with Gasteiger partial charge in [-0.25, -0.2) is 8.42 Å². The van der Waals surface area contributed by atoms with Crippen molar-refractivity contribution in [2.24, 2.45) is 0 Å². The lowest BCUT2D eigenvalue weighted by Crippen LogP contribution is -2.50. The summed E-state index contributed by atoms with van der Waals surface area (Å²) < 4.78 is 24.3. The molecule has 2 amide bonds. The van der Waals surface area contributed by atoms with Gasteiger partial charge in [0.1, 0.15) is 0 Å². The number of aliphatic hydroxyl groups is 1. The second-order valence-corrected chi connectivity index (χ2v) is 8.24. The van der Waals surface area contributed by atoms with Gasteiger partial charge in [-0.1, -0.05) is 30.3 Å². The molecule has 1 aliphatic rings. The van der Waals surface area contributed by atoms with Crippen molar-refractivity contribution in [1.29, 1.82) is 0 Å². The Morgan fingerprint density at radius 1 is 1.12 bits per heavy atom. The maximum absolute atomic E-state index is 12.2. The first-order valence-corrected chi connectivity index (χ1v) is 10.3. The highest BCUT2D eigenvalue weighted by atomic mass is 32.2. The lowest BCUT2D eigenvalue weighted by Gasteiger charge is -2.33. The van der Waals surface area contributed by atoms with Gasteiger partial charge in [-0.2, -0.15) is 4.31 Å². The maximum atomic E-state index is 12.2. The number of carbonyl (C=O) groups excluding carboxylic acids is 2. The van der Waals surface area contributed by atoms with Crippen LogP contribution in [0.3, 0.4) is 0 Å². The monoisotopic (exact) mass is 383 g/mol. The van der Waals surface area contributed by atoms with Crippen molar-refractivity contribution in [1.82, 2.24) is 14.5 Å². The largest absolute Gasteiger partial charge is 0.394 e. The SMILES string of the molecule is CS(=O)(=O)N1CCN(C(=O)CCC(=O)NC(CO)c2ccccc2)CC1. The van der Waals surface area contributed by atoms with E-state index in [9.17, 15) is 23.1 Å². The van der Waals surface area contributed by atoms with Crippen molar-refractivity contribution in [2.75, 3.05) is 39.0 Å². The van der Waals surface area contributed by atoms with Crippen LogP contribution in [0.2, 0.25) is 0 Å². The molecule has 1 aromatic rings. The van der Waals surface area contributed by atoms with Crippen LogP contribution in [0.25, 0.3) is 0 Å². The Kier molecular flexibility index (Phi) is 7.13. The van der Waals surface area contributed by atoms with Gasteiger partial charge in [0.25, 0.3) is 0 Å². The van der Waals surface area contributed by atoms with Crippen LogP contribution in [0.1, 0.15) is 24.4 Å². The quantitative estimate of drug-likeness (QED) is 0.673. The molecule has 0 saturated carbocycles. The van der Waals surface area contributed by atoms with Gasteiger partial charge in [0.2, 0.25) is 21.8 Å². The van der Waals surface area contributed by atoms with E-state index < -0.39 is 16.1 Å². The minimum atomic E-state index is -3.24. The first-order chi connectivity index (χ1) is 12.3. The van der Waals surface area contributed by atoms with Crippen LogP contribution in [0, 0.1) is 0 Å². The number of hydrogen-bond donors (Lipinski definition) is 2. The maximum Gasteiger partial charge on any atom is 0.223 e. The van der Waals surface area contributed by atoms with Gasteiger partial charge in [-0.15, -0.1) is 0 Å². The summed E-state index contributed by atoms with van der Waals surface area (Å²) in [6.07, 6.45) is 1.23. The smallest absolute Gasteiger partial charge is 0.223 e. The van der Waals surface area contributed by atoms with Crippen molar-refractivity contribution >= 4 is 21.8 Å². The number of hydrogen-bond acceptors (Lipinski definition) is 5. The molecule has 1 unspecified atom stereocenters. The van der Waals surface area contributed by atoms with E-state index in [2.05, 4.69) is 5.32 Å². The van der Waals surface area contributed by atoms with Crippen LogP contribution in [0.4, 0.5) is 0 Å². The van der Waals surface area contributed by atoms with Crippen LogP contribution in [-0.2, 0) is 19.6 Å². The summed E-state index contributed by atoms with van der Waals surface area (Å²) in [6.45, 7) is 0.986. The molecular formula is C17H25N3O5S. The van der Waals surface area contributed by atoms with E-state index in [0.717, 1.165) is 11.8 Å². The van der Waals surface area contributed by atoms with E-state index in [4.69, 9.17) is 0 Å². The topological polar surface area (TPSA) is 107 Å². The fraction of sp³-hybridized carbons (Fsp3) is 0.529. The Balaban J connectivity index is 1.77. The summed E-state index contributed by atoms with van der Waals surface area (Å²) in [7, 11) is -3.24. The molecule has 1 saturated heterocycles. The van der Waals surface area contributed by atoms with Crippen LogP contribution in [-0.4, -0.2) is 73.6 Å². The van der Waals surface area contributed by atoms with Crippen molar-refractivity contribution < 1.29 is 23.1 Å². The van der Waals surface area contributed by atoms with Gasteiger partial charge in [0.05, 0.1) is 18.9 Å². The predicted molar refractivity (Wildman–Crippen MR) is 96.6 cm³/mol. The Morgan fingerprint density at radius 3 is 2.27 bits per heavy atom. The number of nitrogens with zero attached hydrogens (tertiary/aromatic N) is 2. The highest BCUT2D eigenvalue weighted by Gasteiger charge is 2.26. The Labute approximate surface area is 153 Å². The zero-order valence-electron chi connectivity index (χ0n) is 14.8. The Hall–Kier alpha value is -1.97. The van der Waals surface area contributed by atoms with E-state index >= 15 is 0 Å². The summed E-state index contributed by atoms with van der Waals surface area (Å²) >= 11 is 0. The fourth-order valence-corrected chi connectivity index (χ4v) is 3.66. The molecule has 2 N–H and O–H groups in total. The third-order valence-corrected chi connectivity index (χ3v) is 5.65. The van der Waals surface area contributed by atoms with Crippen molar-refractivity contribution in [3.8, 4) is 0 Å². The number of nitrogens with one attached hydrogen (secondary N) is 1. The minimum absolute atomic E-state index is 0.0223. The number of rotatable bonds is 7. The molecule has 0 spiro atoms. The Morgan fingerprint density at radius 2 is 1.73 bits per heavy atom. The molecule has 0 aliphatic carbocycles. The molecule has 1 atom stereocenters. The Bertz CT molecular complexity index is 715. The van der Waals surface area contributed by atoms with Gasteiger partial charge in [0, 0.05) is 39.0 Å². The second-order valence-electron chi connectivity index (χ2n) is 6.26. The molecule has 1 fully saturated rings. The van der Waals surface area contributed by atoms with Gasteiger partial charge in [0.15, 0.2) is 0 Å². The molecule has 1 heterocycles. The number of piperazine rings is 1. The van der Waals surface area contributed by atoms with Crippen molar-refractivity contribution in [2.45, 2.75) is 18.9 Å². The van der Waals surface area contributed by atoms with Gasteiger partial charge >= 0.3 is 0 Å². The van der Waals surface area contributed by atoms with E-state index in [1.165, 1.54) is 4.31 Å². The van der Waals surface area contributed by atoms with E-state index in [1.54, 1.807) is 4.90 Å². The third kappa shape index (κ3) is 5.79. The van der Waals surface area contributed by atoms with Crippen LogP contribution >= 0.6 is 0 Å². The first-order valence-electron chi connectivity index (χ1n) is 8.49. The predicted octanol–water partition coefficient (Wildman–Crippen LogP) is -0.280. The molecular weight excluding hydrogens is 358 g/mol. The molecule has 1 aromatic carbocycles. The standard InChI is InChI=1S/C17H25N3O5S/c1-26(24,25)20-11-9-19(10-12-20)17(23)8-7-16(22)18-15(13-21)14-5-3-2-4-6-14/h2-6,15,21H,7-13H2,1H3,(H,18,22). The normalized spacial score (nSPS) is 16.9. The summed E-state index contributed by atoms with van der Waals surface area (Å²) in [4.78, 5) is 25.9. The summed E-state index contributed by atoms with van der Waals surface area (Å²) in [5.41, 5.74) is 0.798. The number of sulfonamides is 1. The molecule has 2 rings (SSSR count). The van der Waals surface area contributed by atoms with Gasteiger partial charge in [-0.3, -0.25) is 9.59 Å². The minimum Gasteiger partial charge on any atom is -0.394 e. The van der Waals surface area contributed by atoms with Crippen LogP contribution in [0.5, 0.6) is 0 Å². The fourth-order valence-electron chi connectivity index (χ4n) is 2.83. The van der Waals surface area contributed by atoms with E-state index in [0.29, 0.717) is 13.1 Å². The lowest BCUT2D eigenvalue weighted by atomic mass is 10.1. The number of aliphatic hydroxyl groups excluding tert-OH is 1. The summed E-state index contributed by atoms with van der Waals surface area (Å²) in [5.74, 6) is -0.482. The number of carbonyl (C=O) groups is 2. The molecule has 9 heteroatoms. The third-order valence-electron chi connectivity index (χ3n) is 4.35. The average molecular weight is 383 g/mol. The molecule has 26 heavy (non-hydrogen) atoms. The van der Waals surface area contributed by atoms with Gasteiger partial charge < -0.3 is 15.3 Å². The van der Waals surface area contributed by atoms with E-state index in [1.807, 2.05) is 30.3 Å². The average Bonchev–Trinajstić information content (AvgIpc) is 2.64. The zero-order chi connectivity index (χ0) is 19.2. The zero-order valence-corrected chi connectivity index (χ0v) is 15.6. The molecule has 0 radical (unpaired) electrons. The molecule has 144 valence electrons. The van der Waals surface area contributed by atoms with Gasteiger partial charge in [-0.05, 0) is 5.56 Å². The molecule has 1 aliphatic heterocycles. The molecule has 0 aromatic heterocycles. The highest BCUT2D eigenvalue weighted by Crippen LogP contribution is 2.12. The molecule has 0 bridgehead atoms. The lowest BCUT2D eigenvalue weighted by molar-refractivity contribution is -0.134.